The van der Waals surface area contributed by atoms with Crippen LogP contribution in [0.3, 0.4) is 0 Å². The summed E-state index contributed by atoms with van der Waals surface area (Å²) in [7, 11) is 0. The largest absolute Gasteiger partial charge is 0.396 e. The molecule has 0 saturated carbocycles. The molecule has 0 aliphatic carbocycles. The molecule has 128 valence electrons. The van der Waals surface area contributed by atoms with Gasteiger partial charge in [-0.2, -0.15) is 0 Å². The zero-order valence-corrected chi connectivity index (χ0v) is 14.4. The maximum absolute atomic E-state index is 12.7. The summed E-state index contributed by atoms with van der Waals surface area (Å²) in [5, 5.41) is 10.1. The van der Waals surface area contributed by atoms with Gasteiger partial charge in [-0.25, -0.2) is 4.98 Å². The molecule has 0 aliphatic rings. The summed E-state index contributed by atoms with van der Waals surface area (Å²) in [4.78, 5) is 29.6. The van der Waals surface area contributed by atoms with Gasteiger partial charge in [0, 0.05) is 18.7 Å². The molecule has 1 heterocycles. The van der Waals surface area contributed by atoms with Crippen LogP contribution in [0.15, 0.2) is 64.5 Å². The van der Waals surface area contributed by atoms with E-state index in [0.717, 1.165) is 0 Å². The number of aliphatic hydroxyl groups is 1. The van der Waals surface area contributed by atoms with E-state index < -0.39 is 0 Å². The summed E-state index contributed by atoms with van der Waals surface area (Å²) < 4.78 is 1.54. The number of thioether (sulfide) groups is 1. The summed E-state index contributed by atoms with van der Waals surface area (Å²) in [6, 6.07) is 16.2. The van der Waals surface area contributed by atoms with Crippen molar-refractivity contribution in [1.82, 2.24) is 9.55 Å². The second kappa shape index (κ2) is 8.09. The lowest BCUT2D eigenvalue weighted by Crippen LogP contribution is -2.24. The molecule has 0 spiro atoms. The average molecular weight is 354 g/mol. The number of aliphatic hydroxyl groups excluding tert-OH is 1. The number of ketones is 1. The van der Waals surface area contributed by atoms with Crippen molar-refractivity contribution < 1.29 is 9.90 Å². The first-order valence-corrected chi connectivity index (χ1v) is 9.01. The van der Waals surface area contributed by atoms with E-state index in [1.54, 1.807) is 34.9 Å². The Morgan fingerprint density at radius 3 is 2.56 bits per heavy atom. The highest BCUT2D eigenvalue weighted by molar-refractivity contribution is 7.99. The molecule has 0 bridgehead atoms. The third-order valence-electron chi connectivity index (χ3n) is 3.79. The summed E-state index contributed by atoms with van der Waals surface area (Å²) in [5.41, 5.74) is 1.11. The number of fused-ring (bicyclic) bond motifs is 1. The molecule has 0 atom stereocenters. The molecular weight excluding hydrogens is 336 g/mol. The van der Waals surface area contributed by atoms with Crippen LogP contribution in [-0.4, -0.2) is 32.8 Å². The lowest BCUT2D eigenvalue weighted by molar-refractivity contribution is 0.102. The molecular formula is C19H18N2O3S. The lowest BCUT2D eigenvalue weighted by Gasteiger charge is -2.12. The van der Waals surface area contributed by atoms with Crippen molar-refractivity contribution in [2.75, 3.05) is 12.4 Å². The molecule has 0 saturated heterocycles. The number of para-hydroxylation sites is 1. The fourth-order valence-corrected chi connectivity index (χ4v) is 3.44. The Kier molecular flexibility index (Phi) is 5.63. The van der Waals surface area contributed by atoms with E-state index in [-0.39, 0.29) is 23.7 Å². The minimum Gasteiger partial charge on any atom is -0.396 e. The highest BCUT2D eigenvalue weighted by Gasteiger charge is 2.13. The number of hydrogen-bond donors (Lipinski definition) is 1. The summed E-state index contributed by atoms with van der Waals surface area (Å²) >= 11 is 1.25. The highest BCUT2D eigenvalue weighted by Crippen LogP contribution is 2.19. The van der Waals surface area contributed by atoms with Gasteiger partial charge in [0.1, 0.15) is 0 Å². The van der Waals surface area contributed by atoms with Crippen LogP contribution < -0.4 is 5.56 Å². The minimum absolute atomic E-state index is 0.00762. The van der Waals surface area contributed by atoms with Gasteiger partial charge in [0.15, 0.2) is 10.9 Å². The van der Waals surface area contributed by atoms with Crippen LogP contribution in [0.2, 0.25) is 0 Å². The van der Waals surface area contributed by atoms with Crippen LogP contribution in [-0.2, 0) is 6.54 Å². The van der Waals surface area contributed by atoms with Gasteiger partial charge in [-0.3, -0.25) is 14.2 Å². The number of rotatable bonds is 7. The van der Waals surface area contributed by atoms with Gasteiger partial charge in [0.05, 0.1) is 16.7 Å². The van der Waals surface area contributed by atoms with E-state index in [0.29, 0.717) is 34.6 Å². The first kappa shape index (κ1) is 17.4. The molecule has 0 fully saturated rings. The fourth-order valence-electron chi connectivity index (χ4n) is 2.52. The Morgan fingerprint density at radius 1 is 1.08 bits per heavy atom. The molecule has 6 heteroatoms. The quantitative estimate of drug-likeness (QED) is 0.401. The smallest absolute Gasteiger partial charge is 0.262 e. The van der Waals surface area contributed by atoms with Crippen LogP contribution in [0, 0.1) is 0 Å². The van der Waals surface area contributed by atoms with E-state index >= 15 is 0 Å². The van der Waals surface area contributed by atoms with Crippen molar-refractivity contribution in [3.63, 3.8) is 0 Å². The van der Waals surface area contributed by atoms with Crippen molar-refractivity contribution in [1.29, 1.82) is 0 Å². The van der Waals surface area contributed by atoms with Crippen molar-refractivity contribution >= 4 is 28.4 Å². The predicted molar refractivity (Wildman–Crippen MR) is 99.2 cm³/mol. The highest BCUT2D eigenvalue weighted by atomic mass is 32.2. The van der Waals surface area contributed by atoms with Gasteiger partial charge in [0.2, 0.25) is 0 Å². The molecule has 0 amide bonds. The van der Waals surface area contributed by atoms with Gasteiger partial charge < -0.3 is 5.11 Å². The number of hydrogen-bond acceptors (Lipinski definition) is 5. The maximum Gasteiger partial charge on any atom is 0.262 e. The Bertz CT molecular complexity index is 938. The number of Topliss-reactive ketones (excluding diaryl/α,β-unsaturated/α-hetero) is 1. The first-order valence-electron chi connectivity index (χ1n) is 8.02. The van der Waals surface area contributed by atoms with E-state index in [1.165, 1.54) is 11.8 Å². The Hall–Kier alpha value is -2.44. The monoisotopic (exact) mass is 354 g/mol. The van der Waals surface area contributed by atoms with Crippen molar-refractivity contribution in [3.05, 3.63) is 70.5 Å². The first-order chi connectivity index (χ1) is 12.2. The van der Waals surface area contributed by atoms with Crippen LogP contribution in [0.1, 0.15) is 16.8 Å². The zero-order chi connectivity index (χ0) is 17.6. The normalized spacial score (nSPS) is 10.9. The SMILES string of the molecule is O=C(CSc1nc2ccccc2c(=O)n1CCCO)c1ccccc1. The molecule has 0 radical (unpaired) electrons. The molecule has 3 aromatic rings. The Morgan fingerprint density at radius 2 is 1.80 bits per heavy atom. The van der Waals surface area contributed by atoms with Gasteiger partial charge in [-0.1, -0.05) is 54.2 Å². The number of carbonyl (C=O) groups is 1. The molecule has 3 rings (SSSR count). The van der Waals surface area contributed by atoms with Gasteiger partial charge >= 0.3 is 0 Å². The standard InChI is InChI=1S/C19H18N2O3S/c22-12-6-11-21-18(24)15-9-4-5-10-16(15)20-19(21)25-13-17(23)14-7-2-1-3-8-14/h1-5,7-10,22H,6,11-13H2. The lowest BCUT2D eigenvalue weighted by atomic mass is 10.2. The third kappa shape index (κ3) is 3.97. The average Bonchev–Trinajstić information content (AvgIpc) is 2.66. The molecule has 25 heavy (non-hydrogen) atoms. The second-order valence-corrected chi connectivity index (χ2v) is 6.47. The van der Waals surface area contributed by atoms with Crippen LogP contribution in [0.5, 0.6) is 0 Å². The number of aromatic nitrogens is 2. The Balaban J connectivity index is 1.91. The van der Waals surface area contributed by atoms with Crippen LogP contribution in [0.4, 0.5) is 0 Å². The van der Waals surface area contributed by atoms with Crippen molar-refractivity contribution in [3.8, 4) is 0 Å². The molecule has 0 unspecified atom stereocenters. The fraction of sp³-hybridized carbons (Fsp3) is 0.211. The number of carbonyl (C=O) groups excluding carboxylic acids is 1. The van der Waals surface area contributed by atoms with Gasteiger partial charge in [-0.05, 0) is 18.6 Å². The predicted octanol–water partition coefficient (Wildman–Crippen LogP) is 2.75. The zero-order valence-electron chi connectivity index (χ0n) is 13.6. The maximum atomic E-state index is 12.7. The summed E-state index contributed by atoms with van der Waals surface area (Å²) in [6.07, 6.45) is 0.458. The molecule has 5 nitrogen and oxygen atoms in total. The van der Waals surface area contributed by atoms with Gasteiger partial charge in [-0.15, -0.1) is 0 Å². The molecule has 1 N–H and O–H groups in total. The molecule has 2 aromatic carbocycles. The van der Waals surface area contributed by atoms with E-state index in [4.69, 9.17) is 5.11 Å². The van der Waals surface area contributed by atoms with Crippen molar-refractivity contribution in [2.45, 2.75) is 18.1 Å². The van der Waals surface area contributed by atoms with E-state index in [1.807, 2.05) is 24.3 Å². The number of nitrogens with zero attached hydrogens (tertiary/aromatic N) is 2. The second-order valence-electron chi connectivity index (χ2n) is 5.52. The van der Waals surface area contributed by atoms with Crippen LogP contribution >= 0.6 is 11.8 Å². The third-order valence-corrected chi connectivity index (χ3v) is 4.77. The minimum atomic E-state index is -0.145. The topological polar surface area (TPSA) is 72.2 Å². The van der Waals surface area contributed by atoms with Gasteiger partial charge in [0.25, 0.3) is 5.56 Å². The molecule has 1 aromatic heterocycles. The summed E-state index contributed by atoms with van der Waals surface area (Å²) in [5.74, 6) is 0.190. The summed E-state index contributed by atoms with van der Waals surface area (Å²) in [6.45, 7) is 0.362. The van der Waals surface area contributed by atoms with E-state index in [9.17, 15) is 9.59 Å². The molecule has 0 aliphatic heterocycles. The van der Waals surface area contributed by atoms with Crippen LogP contribution in [0.25, 0.3) is 10.9 Å². The van der Waals surface area contributed by atoms with E-state index in [2.05, 4.69) is 4.98 Å². The number of benzene rings is 2. The Labute approximate surface area is 149 Å². The van der Waals surface area contributed by atoms with Crippen molar-refractivity contribution in [2.24, 2.45) is 0 Å².